The predicted molar refractivity (Wildman–Crippen MR) is 79.7 cm³/mol. The van der Waals surface area contributed by atoms with Crippen LogP contribution in [-0.4, -0.2) is 21.6 Å². The van der Waals surface area contributed by atoms with Crippen molar-refractivity contribution in [3.63, 3.8) is 0 Å². The average Bonchev–Trinajstić information content (AvgIpc) is 2.79. The molecule has 2 aromatic heterocycles. The molecule has 0 aliphatic rings. The molecule has 5 heteroatoms. The summed E-state index contributed by atoms with van der Waals surface area (Å²) in [6.45, 7) is 4.86. The lowest BCUT2D eigenvalue weighted by Gasteiger charge is -2.08. The highest BCUT2D eigenvalue weighted by atomic mass is 32.2. The van der Waals surface area contributed by atoms with Crippen molar-refractivity contribution in [2.75, 3.05) is 11.9 Å². The molecule has 0 saturated heterocycles. The molecule has 2 heterocycles. The lowest BCUT2D eigenvalue weighted by molar-refractivity contribution is 0.464. The Morgan fingerprint density at radius 1 is 1.47 bits per heavy atom. The van der Waals surface area contributed by atoms with Gasteiger partial charge in [-0.05, 0) is 19.9 Å². The number of rotatable bonds is 5. The summed E-state index contributed by atoms with van der Waals surface area (Å²) >= 11 is 1.48. The molecule has 0 aromatic carbocycles. The van der Waals surface area contributed by atoms with E-state index in [9.17, 15) is 5.11 Å². The number of H-pyrrole nitrogens is 1. The zero-order valence-electron chi connectivity index (χ0n) is 11.0. The van der Waals surface area contributed by atoms with E-state index in [1.54, 1.807) is 12.4 Å². The van der Waals surface area contributed by atoms with Crippen molar-refractivity contribution in [2.24, 2.45) is 0 Å². The largest absolute Gasteiger partial charge is 0.505 e. The van der Waals surface area contributed by atoms with E-state index in [4.69, 9.17) is 0 Å². The van der Waals surface area contributed by atoms with Gasteiger partial charge in [-0.25, -0.2) is 4.98 Å². The Morgan fingerprint density at radius 3 is 2.95 bits per heavy atom. The van der Waals surface area contributed by atoms with Gasteiger partial charge in [0, 0.05) is 35.6 Å². The molecule has 0 unspecified atom stereocenters. The third-order valence-electron chi connectivity index (χ3n) is 2.50. The van der Waals surface area contributed by atoms with Crippen molar-refractivity contribution >= 4 is 23.7 Å². The van der Waals surface area contributed by atoms with Crippen molar-refractivity contribution in [1.82, 2.24) is 9.97 Å². The topological polar surface area (TPSA) is 60.9 Å². The summed E-state index contributed by atoms with van der Waals surface area (Å²) in [6.07, 6.45) is 9.15. The second kappa shape index (κ2) is 6.33. The summed E-state index contributed by atoms with van der Waals surface area (Å²) in [5.74, 6) is 1.14. The van der Waals surface area contributed by atoms with Crippen molar-refractivity contribution in [2.45, 2.75) is 23.6 Å². The second-order valence-corrected chi connectivity index (χ2v) is 5.06. The van der Waals surface area contributed by atoms with E-state index in [0.29, 0.717) is 0 Å². The highest BCUT2D eigenvalue weighted by molar-refractivity contribution is 7.99. The van der Waals surface area contributed by atoms with E-state index in [1.165, 1.54) is 11.8 Å². The van der Waals surface area contributed by atoms with Crippen molar-refractivity contribution in [1.29, 1.82) is 0 Å². The number of nitrogens with one attached hydrogen (secondary N) is 2. The number of pyridine rings is 1. The minimum absolute atomic E-state index is 0.258. The standard InChI is InChI=1S/C14H17N3OS/c1-3-5-10-6-11(7-17-14(10)16-4-2)19-13-9-15-8-12(13)18/h3,5-9,15,18H,4H2,1-2H3,(H,16,17). The molecule has 3 N–H and O–H groups in total. The Morgan fingerprint density at radius 2 is 2.32 bits per heavy atom. The predicted octanol–water partition coefficient (Wildman–Crippen LogP) is 3.73. The third kappa shape index (κ3) is 3.32. The maximum Gasteiger partial charge on any atom is 0.146 e. The van der Waals surface area contributed by atoms with Crippen LogP contribution in [0.15, 0.2) is 40.5 Å². The van der Waals surface area contributed by atoms with E-state index in [1.807, 2.05) is 32.2 Å². The van der Waals surface area contributed by atoms with E-state index < -0.39 is 0 Å². The van der Waals surface area contributed by atoms with Crippen molar-refractivity contribution < 1.29 is 5.11 Å². The van der Waals surface area contributed by atoms with Gasteiger partial charge in [-0.3, -0.25) is 0 Å². The molecule has 0 aliphatic heterocycles. The average molecular weight is 275 g/mol. The van der Waals surface area contributed by atoms with Gasteiger partial charge in [0.15, 0.2) is 0 Å². The quantitative estimate of drug-likeness (QED) is 0.778. The summed E-state index contributed by atoms with van der Waals surface area (Å²) in [6, 6.07) is 2.06. The Kier molecular flexibility index (Phi) is 4.52. The van der Waals surface area contributed by atoms with Crippen LogP contribution in [0.25, 0.3) is 6.08 Å². The molecule has 2 rings (SSSR count). The number of hydrogen-bond donors (Lipinski definition) is 3. The molecule has 100 valence electrons. The number of allylic oxidation sites excluding steroid dienone is 1. The van der Waals surface area contributed by atoms with Gasteiger partial charge in [0.2, 0.25) is 0 Å². The molecule has 0 atom stereocenters. The van der Waals surface area contributed by atoms with Crippen molar-refractivity contribution in [3.05, 3.63) is 36.3 Å². The molecule has 0 aliphatic carbocycles. The minimum atomic E-state index is 0.258. The van der Waals surface area contributed by atoms with Crippen LogP contribution in [-0.2, 0) is 0 Å². The maximum atomic E-state index is 9.62. The maximum absolute atomic E-state index is 9.62. The third-order valence-corrected chi connectivity index (χ3v) is 3.50. The van der Waals surface area contributed by atoms with Gasteiger partial charge in [0.05, 0.1) is 4.90 Å². The molecule has 0 spiro atoms. The fraction of sp³-hybridized carbons (Fsp3) is 0.214. The number of aromatic nitrogens is 2. The SMILES string of the molecule is CC=Cc1cc(Sc2c[nH]cc2O)cnc1NCC. The summed E-state index contributed by atoms with van der Waals surface area (Å²) in [7, 11) is 0. The number of aromatic hydroxyl groups is 1. The van der Waals surface area contributed by atoms with Crippen LogP contribution in [0.2, 0.25) is 0 Å². The first-order chi connectivity index (χ1) is 9.24. The van der Waals surface area contributed by atoms with Crippen LogP contribution in [0.1, 0.15) is 19.4 Å². The van der Waals surface area contributed by atoms with Gasteiger partial charge in [-0.2, -0.15) is 0 Å². The number of hydrogen-bond acceptors (Lipinski definition) is 4. The van der Waals surface area contributed by atoms with E-state index in [-0.39, 0.29) is 5.75 Å². The summed E-state index contributed by atoms with van der Waals surface area (Å²) in [5.41, 5.74) is 1.05. The van der Waals surface area contributed by atoms with Crippen LogP contribution in [0, 0.1) is 0 Å². The number of anilines is 1. The molecule has 2 aromatic rings. The lowest BCUT2D eigenvalue weighted by atomic mass is 10.2. The number of nitrogens with zero attached hydrogens (tertiary/aromatic N) is 1. The normalized spacial score (nSPS) is 11.1. The van der Waals surface area contributed by atoms with Crippen LogP contribution in [0.4, 0.5) is 5.82 Å². The summed E-state index contributed by atoms with van der Waals surface area (Å²) in [5, 5.41) is 12.9. The number of aromatic amines is 1. The Hall–Kier alpha value is -1.88. The first kappa shape index (κ1) is 13.5. The molecular weight excluding hydrogens is 258 g/mol. The van der Waals surface area contributed by atoms with Crippen molar-refractivity contribution in [3.8, 4) is 5.75 Å². The zero-order chi connectivity index (χ0) is 13.7. The van der Waals surface area contributed by atoms with Gasteiger partial charge in [-0.15, -0.1) is 0 Å². The van der Waals surface area contributed by atoms with Gasteiger partial charge < -0.3 is 15.4 Å². The fourth-order valence-corrected chi connectivity index (χ4v) is 2.52. The minimum Gasteiger partial charge on any atom is -0.505 e. The first-order valence-electron chi connectivity index (χ1n) is 6.14. The fourth-order valence-electron chi connectivity index (χ4n) is 1.69. The molecule has 4 nitrogen and oxygen atoms in total. The van der Waals surface area contributed by atoms with Gasteiger partial charge in [-0.1, -0.05) is 23.9 Å². The monoisotopic (exact) mass is 275 g/mol. The summed E-state index contributed by atoms with van der Waals surface area (Å²) < 4.78 is 0. The van der Waals surface area contributed by atoms with Crippen LogP contribution in [0.3, 0.4) is 0 Å². The molecule has 0 amide bonds. The molecule has 19 heavy (non-hydrogen) atoms. The van der Waals surface area contributed by atoms with E-state index in [0.717, 1.165) is 27.7 Å². The summed E-state index contributed by atoms with van der Waals surface area (Å²) in [4.78, 5) is 9.08. The molecular formula is C14H17N3OS. The second-order valence-electron chi connectivity index (χ2n) is 3.95. The Labute approximate surface area is 117 Å². The lowest BCUT2D eigenvalue weighted by Crippen LogP contribution is -2.01. The van der Waals surface area contributed by atoms with Crippen LogP contribution >= 0.6 is 11.8 Å². The molecule has 0 radical (unpaired) electrons. The molecule has 0 saturated carbocycles. The van der Waals surface area contributed by atoms with Gasteiger partial charge in [0.25, 0.3) is 0 Å². The smallest absolute Gasteiger partial charge is 0.146 e. The van der Waals surface area contributed by atoms with E-state index >= 15 is 0 Å². The molecule has 0 bridgehead atoms. The first-order valence-corrected chi connectivity index (χ1v) is 6.96. The Bertz CT molecular complexity index is 578. The van der Waals surface area contributed by atoms with Crippen LogP contribution < -0.4 is 5.32 Å². The van der Waals surface area contributed by atoms with Crippen LogP contribution in [0.5, 0.6) is 5.75 Å². The zero-order valence-corrected chi connectivity index (χ0v) is 11.8. The van der Waals surface area contributed by atoms with Gasteiger partial charge >= 0.3 is 0 Å². The van der Waals surface area contributed by atoms with E-state index in [2.05, 4.69) is 21.4 Å². The Balaban J connectivity index is 2.27. The molecule has 0 fully saturated rings. The highest BCUT2D eigenvalue weighted by Gasteiger charge is 2.07. The highest BCUT2D eigenvalue weighted by Crippen LogP contribution is 2.34. The van der Waals surface area contributed by atoms with Gasteiger partial charge in [0.1, 0.15) is 11.6 Å².